The highest BCUT2D eigenvalue weighted by molar-refractivity contribution is 5.94. The summed E-state index contributed by atoms with van der Waals surface area (Å²) in [5, 5.41) is 6.51. The summed E-state index contributed by atoms with van der Waals surface area (Å²) in [5.74, 6) is 0.0896. The zero-order chi connectivity index (χ0) is 11.0. The van der Waals surface area contributed by atoms with E-state index in [2.05, 4.69) is 10.2 Å². The number of amides is 1. The van der Waals surface area contributed by atoms with Crippen molar-refractivity contribution in [2.24, 2.45) is 0 Å². The molecular weight excluding hydrogens is 206 g/mol. The van der Waals surface area contributed by atoms with E-state index < -0.39 is 0 Å². The summed E-state index contributed by atoms with van der Waals surface area (Å²) in [6, 6.07) is 0.518. The number of ether oxygens (including phenoxy) is 1. The van der Waals surface area contributed by atoms with Gasteiger partial charge in [0.2, 0.25) is 0 Å². The van der Waals surface area contributed by atoms with Crippen molar-refractivity contribution < 1.29 is 9.53 Å². The molecule has 2 atom stereocenters. The fourth-order valence-electron chi connectivity index (χ4n) is 2.68. The number of rotatable bonds is 1. The molecule has 0 saturated carbocycles. The van der Waals surface area contributed by atoms with Crippen LogP contribution in [0.5, 0.6) is 0 Å². The molecule has 86 valence electrons. The molecule has 0 aromatic carbocycles. The number of H-pyrrole nitrogens is 1. The van der Waals surface area contributed by atoms with Gasteiger partial charge in [0.15, 0.2) is 0 Å². The number of carbonyl (C=O) groups is 1. The Morgan fingerprint density at radius 2 is 2.19 bits per heavy atom. The minimum Gasteiger partial charge on any atom is -0.377 e. The van der Waals surface area contributed by atoms with Crippen LogP contribution >= 0.6 is 0 Å². The zero-order valence-corrected chi connectivity index (χ0v) is 9.06. The number of aromatic amines is 1. The average Bonchev–Trinajstić information content (AvgIpc) is 2.80. The number of nitrogens with one attached hydrogen (secondary N) is 1. The van der Waals surface area contributed by atoms with Crippen LogP contribution in [-0.2, 0) is 4.74 Å². The van der Waals surface area contributed by atoms with Gasteiger partial charge < -0.3 is 9.64 Å². The first-order valence-electron chi connectivity index (χ1n) is 5.75. The molecule has 3 heterocycles. The Hall–Kier alpha value is -1.36. The Labute approximate surface area is 93.8 Å². The van der Waals surface area contributed by atoms with Crippen LogP contribution in [0.25, 0.3) is 0 Å². The number of carbonyl (C=O) groups excluding carboxylic acids is 1. The summed E-state index contributed by atoms with van der Waals surface area (Å²) in [4.78, 5) is 14.3. The molecule has 2 fully saturated rings. The minimum absolute atomic E-state index is 0.0896. The third kappa shape index (κ3) is 1.51. The maximum absolute atomic E-state index is 12.3. The average molecular weight is 221 g/mol. The van der Waals surface area contributed by atoms with Crippen molar-refractivity contribution in [2.75, 3.05) is 13.2 Å². The van der Waals surface area contributed by atoms with Gasteiger partial charge in [-0.05, 0) is 19.3 Å². The highest BCUT2D eigenvalue weighted by Gasteiger charge is 2.38. The van der Waals surface area contributed by atoms with Gasteiger partial charge in [0.25, 0.3) is 5.91 Å². The molecule has 2 aliphatic rings. The van der Waals surface area contributed by atoms with E-state index in [0.717, 1.165) is 12.8 Å². The van der Waals surface area contributed by atoms with Crippen molar-refractivity contribution in [3.63, 3.8) is 0 Å². The molecule has 5 nitrogen and oxygen atoms in total. The fraction of sp³-hybridized carbons (Fsp3) is 0.636. The Bertz CT molecular complexity index is 355. The number of morpholine rings is 1. The predicted molar refractivity (Wildman–Crippen MR) is 57.0 cm³/mol. The van der Waals surface area contributed by atoms with Gasteiger partial charge in [-0.3, -0.25) is 9.89 Å². The van der Waals surface area contributed by atoms with Gasteiger partial charge in [0.1, 0.15) is 0 Å². The van der Waals surface area contributed by atoms with Gasteiger partial charge in [-0.25, -0.2) is 0 Å². The monoisotopic (exact) mass is 221 g/mol. The second-order valence-corrected chi connectivity index (χ2v) is 4.48. The molecule has 2 aliphatic heterocycles. The smallest absolute Gasteiger partial charge is 0.257 e. The van der Waals surface area contributed by atoms with Crippen LogP contribution in [0.1, 0.15) is 29.6 Å². The Morgan fingerprint density at radius 1 is 1.44 bits per heavy atom. The third-order valence-electron chi connectivity index (χ3n) is 3.46. The molecule has 0 aliphatic carbocycles. The molecule has 1 amide bonds. The van der Waals surface area contributed by atoms with Crippen molar-refractivity contribution in [3.05, 3.63) is 18.0 Å². The van der Waals surface area contributed by atoms with E-state index >= 15 is 0 Å². The topological polar surface area (TPSA) is 58.2 Å². The Balaban J connectivity index is 1.85. The molecule has 1 aromatic rings. The maximum atomic E-state index is 12.3. The molecule has 2 unspecified atom stereocenters. The molecule has 5 heteroatoms. The van der Waals surface area contributed by atoms with Crippen LogP contribution in [0.4, 0.5) is 0 Å². The highest BCUT2D eigenvalue weighted by Crippen LogP contribution is 2.28. The van der Waals surface area contributed by atoms with Crippen molar-refractivity contribution in [3.8, 4) is 0 Å². The van der Waals surface area contributed by atoms with Gasteiger partial charge in [-0.2, -0.15) is 5.10 Å². The lowest BCUT2D eigenvalue weighted by molar-refractivity contribution is -0.0565. The first-order chi connectivity index (χ1) is 7.86. The fourth-order valence-corrected chi connectivity index (χ4v) is 2.68. The lowest BCUT2D eigenvalue weighted by Crippen LogP contribution is -2.57. The summed E-state index contributed by atoms with van der Waals surface area (Å²) in [6.07, 6.45) is 6.56. The second kappa shape index (κ2) is 3.90. The van der Waals surface area contributed by atoms with E-state index in [1.165, 1.54) is 6.42 Å². The summed E-state index contributed by atoms with van der Waals surface area (Å²) in [5.41, 5.74) is 0.652. The van der Waals surface area contributed by atoms with E-state index in [9.17, 15) is 4.79 Å². The van der Waals surface area contributed by atoms with Gasteiger partial charge in [0, 0.05) is 6.20 Å². The quantitative estimate of drug-likeness (QED) is 0.763. The lowest BCUT2D eigenvalue weighted by Gasteiger charge is -2.45. The number of hydrogen-bond acceptors (Lipinski definition) is 3. The molecule has 2 saturated heterocycles. The van der Waals surface area contributed by atoms with E-state index in [1.807, 2.05) is 4.90 Å². The third-order valence-corrected chi connectivity index (χ3v) is 3.46. The molecule has 0 spiro atoms. The van der Waals surface area contributed by atoms with Crippen LogP contribution in [-0.4, -0.2) is 46.3 Å². The summed E-state index contributed by atoms with van der Waals surface area (Å²) in [7, 11) is 0. The van der Waals surface area contributed by atoms with Gasteiger partial charge in [-0.1, -0.05) is 0 Å². The van der Waals surface area contributed by atoms with Gasteiger partial charge >= 0.3 is 0 Å². The SMILES string of the molecule is O=C(c1cn[nH]c1)N1C2CCCC1COC2. The molecule has 1 N–H and O–H groups in total. The van der Waals surface area contributed by atoms with E-state index in [1.54, 1.807) is 12.4 Å². The zero-order valence-electron chi connectivity index (χ0n) is 9.06. The Morgan fingerprint density at radius 3 is 2.81 bits per heavy atom. The number of piperidine rings is 1. The Kier molecular flexibility index (Phi) is 2.40. The minimum atomic E-state index is 0.0896. The molecule has 3 rings (SSSR count). The predicted octanol–water partition coefficient (Wildman–Crippen LogP) is 0.803. The van der Waals surface area contributed by atoms with Crippen LogP contribution in [0.2, 0.25) is 0 Å². The number of nitrogens with zero attached hydrogens (tertiary/aromatic N) is 2. The van der Waals surface area contributed by atoms with Gasteiger partial charge in [0.05, 0.1) is 37.1 Å². The maximum Gasteiger partial charge on any atom is 0.257 e. The standard InChI is InChI=1S/C11H15N3O2/c15-11(8-4-12-13-5-8)14-9-2-1-3-10(14)7-16-6-9/h4-5,9-10H,1-3,6-7H2,(H,12,13). The molecule has 2 bridgehead atoms. The summed E-state index contributed by atoms with van der Waals surface area (Å²) < 4.78 is 5.52. The molecule has 16 heavy (non-hydrogen) atoms. The molecule has 0 radical (unpaired) electrons. The molecular formula is C11H15N3O2. The lowest BCUT2D eigenvalue weighted by atomic mass is 9.93. The van der Waals surface area contributed by atoms with Crippen LogP contribution < -0.4 is 0 Å². The normalized spacial score (nSPS) is 29.1. The number of fused-ring (bicyclic) bond motifs is 2. The van der Waals surface area contributed by atoms with E-state index in [4.69, 9.17) is 4.74 Å². The summed E-state index contributed by atoms with van der Waals surface area (Å²) >= 11 is 0. The highest BCUT2D eigenvalue weighted by atomic mass is 16.5. The summed E-state index contributed by atoms with van der Waals surface area (Å²) in [6.45, 7) is 1.36. The number of hydrogen-bond donors (Lipinski definition) is 1. The largest absolute Gasteiger partial charge is 0.377 e. The van der Waals surface area contributed by atoms with Crippen molar-refractivity contribution in [1.29, 1.82) is 0 Å². The van der Waals surface area contributed by atoms with E-state index in [0.29, 0.717) is 18.8 Å². The van der Waals surface area contributed by atoms with Crippen LogP contribution in [0, 0.1) is 0 Å². The molecule has 1 aromatic heterocycles. The van der Waals surface area contributed by atoms with E-state index in [-0.39, 0.29) is 18.0 Å². The van der Waals surface area contributed by atoms with Crippen molar-refractivity contribution >= 4 is 5.91 Å². The van der Waals surface area contributed by atoms with Crippen molar-refractivity contribution in [2.45, 2.75) is 31.3 Å². The van der Waals surface area contributed by atoms with Gasteiger partial charge in [-0.15, -0.1) is 0 Å². The second-order valence-electron chi connectivity index (χ2n) is 4.48. The van der Waals surface area contributed by atoms with Crippen molar-refractivity contribution in [1.82, 2.24) is 15.1 Å². The first-order valence-corrected chi connectivity index (χ1v) is 5.75. The van der Waals surface area contributed by atoms with Crippen LogP contribution in [0.3, 0.4) is 0 Å². The first kappa shape index (κ1) is 9.84. The number of aromatic nitrogens is 2. The van der Waals surface area contributed by atoms with Crippen LogP contribution in [0.15, 0.2) is 12.4 Å².